The summed E-state index contributed by atoms with van der Waals surface area (Å²) < 4.78 is 13.4. The van der Waals surface area contributed by atoms with Crippen LogP contribution in [-0.4, -0.2) is 135 Å². The van der Waals surface area contributed by atoms with Gasteiger partial charge in [0.1, 0.15) is 51.3 Å². The molecule has 20 nitrogen and oxygen atoms in total. The van der Waals surface area contributed by atoms with Gasteiger partial charge in [0, 0.05) is 109 Å². The first-order valence-electron chi connectivity index (χ1n) is 25.0. The van der Waals surface area contributed by atoms with E-state index in [9.17, 15) is 48.9 Å². The topological polar surface area (TPSA) is 356 Å². The molecule has 0 unspecified atom stereocenters. The number of aliphatic carboxylic acids is 1. The number of aromatic hydroxyl groups is 3. The van der Waals surface area contributed by atoms with Crippen molar-refractivity contribution in [2.45, 2.75) is 126 Å². The number of carbonyl (C=O) groups is 7. The zero-order chi connectivity index (χ0) is 61.6. The number of ketones is 2. The number of carbonyl (C=O) groups excluding carboxylic acids is 5. The largest absolute Gasteiger partial charge is 0.507 e. The minimum Gasteiger partial charge on any atom is -0.507 e. The second-order valence-corrected chi connectivity index (χ2v) is 15.5. The molecule has 3 aromatic carbocycles. The third kappa shape index (κ3) is 54.2. The van der Waals surface area contributed by atoms with Crippen LogP contribution in [0.25, 0.3) is 0 Å². The number of nitrogens with two attached hydrogens (primary N) is 2. The average molecular weight is 1480 g/mol. The number of nitrogens with zero attached hydrogens (tertiary/aromatic N) is 1. The Hall–Kier alpha value is -6.40. The summed E-state index contributed by atoms with van der Waals surface area (Å²) in [6, 6.07) is 12.4. The number of phenols is 3. The normalized spacial score (nSPS) is 8.94. The van der Waals surface area contributed by atoms with Crippen LogP contribution in [0.3, 0.4) is 0 Å². The summed E-state index contributed by atoms with van der Waals surface area (Å²) in [5, 5.41) is 64.8. The van der Waals surface area contributed by atoms with Crippen molar-refractivity contribution in [3.63, 3.8) is 0 Å². The molecule has 1 amide bonds. The zero-order valence-electron chi connectivity index (χ0n) is 47.7. The van der Waals surface area contributed by atoms with Crippen molar-refractivity contribution in [3.8, 4) is 41.6 Å². The molecule has 0 aliphatic rings. The molecule has 0 bridgehead atoms. The van der Waals surface area contributed by atoms with Crippen molar-refractivity contribution in [1.29, 1.82) is 5.26 Å². The van der Waals surface area contributed by atoms with E-state index in [1.54, 1.807) is 25.9 Å². The molecule has 0 aliphatic heterocycles. The summed E-state index contributed by atoms with van der Waals surface area (Å²) in [7, 11) is 12.4. The summed E-state index contributed by atoms with van der Waals surface area (Å²) in [5.41, 5.74) is 11.5. The molecule has 3 aromatic rings. The number of nitriles is 1. The van der Waals surface area contributed by atoms with E-state index in [0.29, 0.717) is 62.9 Å². The van der Waals surface area contributed by atoms with Gasteiger partial charge in [-0.1, -0.05) is 78.4 Å². The first kappa shape index (κ1) is 92.1. The van der Waals surface area contributed by atoms with Gasteiger partial charge in [-0.2, -0.15) is 0 Å². The number of esters is 2. The number of allylic oxidation sites excluding steroid dienone is 2. The number of carboxylic acids is 2. The fourth-order valence-electron chi connectivity index (χ4n) is 5.37. The SMILES string of the molecule is C.C#CC.CB(O)CCCN.CC.CC/C=C\CC(=O)NCCCC(=O)Cc1ccc(O)c(C(=O)O)c1.CC/C=C\CC(=O)O.COC(=O)c1cc(CC(=O)CCCN)ccc1O.COC(=O)c1cc(OC#N)ccc1O.[B][B][B].[W].[W]. The van der Waals surface area contributed by atoms with Crippen LogP contribution in [0.15, 0.2) is 78.9 Å². The Bertz CT molecular complexity index is 2370. The van der Waals surface area contributed by atoms with Gasteiger partial charge < -0.3 is 61.6 Å². The Morgan fingerprint density at radius 3 is 1.50 bits per heavy atom. The molecule has 0 atom stereocenters. The van der Waals surface area contributed by atoms with Gasteiger partial charge in [0.05, 0.1) is 20.6 Å². The van der Waals surface area contributed by atoms with E-state index in [2.05, 4.69) is 47.3 Å². The Labute approximate surface area is 518 Å². The van der Waals surface area contributed by atoms with Crippen molar-refractivity contribution in [3.05, 3.63) is 107 Å². The maximum absolute atomic E-state index is 11.9. The number of Topliss-reactive ketones (excluding diaryl/α,β-unsaturated/α-hetero) is 2. The van der Waals surface area contributed by atoms with Gasteiger partial charge in [-0.25, -0.2) is 14.4 Å². The second-order valence-electron chi connectivity index (χ2n) is 15.5. The number of hydrogen-bond acceptors (Lipinski definition) is 17. The van der Waals surface area contributed by atoms with E-state index in [-0.39, 0.29) is 133 Å². The molecule has 447 valence electrons. The van der Waals surface area contributed by atoms with Crippen molar-refractivity contribution in [1.82, 2.24) is 5.32 Å². The molecule has 0 aromatic heterocycles. The standard InChI is InChI=1S/C18H23NO5.C13H17NO4.C9H7NO4.C6H10O2.C4H12BNO.C3H4.C2H6.CH4.B3.2W/c1-2-3-4-7-17(22)19-10-5-6-14(20)11-13-8-9-16(21)15(12-13)18(23)24;1-18-13(17)11-8-9(4-5-12(11)16)7-10(15)3-2-6-14;1-13-9(12)7-4-6(14-5-10)2-3-8(7)11;1-2-3-4-5-6(7)8;1-5(7)3-2-4-6;1-3-2;1-2;;1-3-2;;/h3-4,8-9,12,21H,2,5-7,10-11H2,1H3,(H,19,22)(H,23,24);4-5,8,16H,2-3,6-7,14H2,1H3;2-4,11H,1H3;3-4H,2,5H2,1H3,(H,7,8);7H,2-4,6H2,1H3;1H,2H3;1-2H3;1H4;;;/b4-3-;;;4-3-;;;;;;;. The van der Waals surface area contributed by atoms with Gasteiger partial charge >= 0.3 is 23.9 Å². The van der Waals surface area contributed by atoms with Crippen LogP contribution in [0.2, 0.25) is 13.1 Å². The number of ether oxygens (including phenoxy) is 3. The molecule has 0 heterocycles. The molecular formula is C56H83B4N4O16W2. The average Bonchev–Trinajstić information content (AvgIpc) is 3.41. The summed E-state index contributed by atoms with van der Waals surface area (Å²) in [5.74, 6) is -1.65. The first-order valence-corrected chi connectivity index (χ1v) is 25.0. The maximum Gasteiger partial charge on any atom is 0.341 e. The molecule has 82 heavy (non-hydrogen) atoms. The van der Waals surface area contributed by atoms with Crippen LogP contribution in [0.5, 0.6) is 23.0 Å². The third-order valence-corrected chi connectivity index (χ3v) is 8.94. The summed E-state index contributed by atoms with van der Waals surface area (Å²) in [6.07, 6.45) is 19.6. The van der Waals surface area contributed by atoms with Crippen molar-refractivity contribution in [2.75, 3.05) is 33.9 Å². The van der Waals surface area contributed by atoms with Gasteiger partial charge in [0.25, 0.3) is 13.2 Å². The van der Waals surface area contributed by atoms with E-state index >= 15 is 0 Å². The number of terminal acetylenes is 1. The Morgan fingerprint density at radius 2 is 1.12 bits per heavy atom. The maximum atomic E-state index is 11.9. The molecule has 0 saturated heterocycles. The Balaban J connectivity index is -0.000000140. The van der Waals surface area contributed by atoms with Gasteiger partial charge in [-0.3, -0.25) is 19.2 Å². The van der Waals surface area contributed by atoms with E-state index in [1.165, 1.54) is 69.0 Å². The van der Waals surface area contributed by atoms with Crippen LogP contribution in [0.4, 0.5) is 0 Å². The first-order chi connectivity index (χ1) is 37.6. The van der Waals surface area contributed by atoms with Gasteiger partial charge in [0.2, 0.25) is 5.91 Å². The molecule has 5 radical (unpaired) electrons. The number of methoxy groups -OCH3 is 2. The van der Waals surface area contributed by atoms with Gasteiger partial charge in [-0.05, 0) is 106 Å². The number of aromatic carboxylic acids is 1. The van der Waals surface area contributed by atoms with Crippen molar-refractivity contribution >= 4 is 70.8 Å². The number of benzene rings is 3. The minimum absolute atomic E-state index is 0. The van der Waals surface area contributed by atoms with Crippen molar-refractivity contribution < 1.29 is 120 Å². The van der Waals surface area contributed by atoms with E-state index in [0.717, 1.165) is 32.6 Å². The van der Waals surface area contributed by atoms with Crippen LogP contribution in [0.1, 0.15) is 142 Å². The molecule has 0 aliphatic carbocycles. The summed E-state index contributed by atoms with van der Waals surface area (Å²) in [6.45, 7) is 12.8. The number of amides is 1. The monoisotopic (exact) mass is 1480 g/mol. The number of phenolic OH excluding ortho intramolecular Hbond substituents is 2. The summed E-state index contributed by atoms with van der Waals surface area (Å²) >= 11 is 0. The van der Waals surface area contributed by atoms with E-state index in [4.69, 9.17) is 32.0 Å². The Morgan fingerprint density at radius 1 is 0.720 bits per heavy atom. The number of hydrogen-bond donors (Lipinski definition) is 9. The number of nitrogens with one attached hydrogen (secondary N) is 1. The fraction of sp³-hybridized carbons (Fsp3) is 0.429. The number of rotatable bonds is 24. The molecule has 26 heteroatoms. The third-order valence-electron chi connectivity index (χ3n) is 8.94. The van der Waals surface area contributed by atoms with Gasteiger partial charge in [0.15, 0.2) is 0 Å². The van der Waals surface area contributed by atoms with Crippen molar-refractivity contribution in [2.24, 2.45) is 11.5 Å². The predicted molar refractivity (Wildman–Crippen MR) is 316 cm³/mol. The van der Waals surface area contributed by atoms with E-state index in [1.807, 2.05) is 45.9 Å². The van der Waals surface area contributed by atoms with Crippen LogP contribution >= 0.6 is 0 Å². The molecule has 3 rings (SSSR count). The molecular weight excluding hydrogens is 1400 g/mol. The molecule has 0 spiro atoms. The Kier molecular flexibility index (Phi) is 71.6. The zero-order valence-corrected chi connectivity index (χ0v) is 53.5. The minimum atomic E-state index is -1.23. The second kappa shape index (κ2) is 63.8. The van der Waals surface area contributed by atoms with Gasteiger partial charge in [-0.15, -0.1) is 17.6 Å². The van der Waals surface area contributed by atoms with Crippen LogP contribution in [-0.2, 0) is 83.6 Å². The van der Waals surface area contributed by atoms with Crippen LogP contribution < -0.4 is 21.5 Å². The smallest absolute Gasteiger partial charge is 0.341 e. The predicted octanol–water partition coefficient (Wildman–Crippen LogP) is 7.05. The molecule has 11 N–H and O–H groups in total. The number of carboxylic acid groups (broad SMARTS) is 2. The quantitative estimate of drug-likeness (QED) is 0.0108. The fourth-order valence-corrected chi connectivity index (χ4v) is 5.37. The summed E-state index contributed by atoms with van der Waals surface area (Å²) in [4.78, 5) is 78.1. The molecule has 0 fully saturated rings. The van der Waals surface area contributed by atoms with E-state index < -0.39 is 23.9 Å². The van der Waals surface area contributed by atoms with Crippen LogP contribution in [0, 0.1) is 23.9 Å². The molecule has 0 saturated carbocycles.